The van der Waals surface area contributed by atoms with Crippen molar-refractivity contribution in [3.05, 3.63) is 62.5 Å². The Bertz CT molecular complexity index is 822. The Hall–Kier alpha value is -2.09. The summed E-state index contributed by atoms with van der Waals surface area (Å²) in [7, 11) is 0. The maximum atomic E-state index is 12.3. The predicted molar refractivity (Wildman–Crippen MR) is 96.3 cm³/mol. The third-order valence-corrected chi connectivity index (χ3v) is 3.69. The molecule has 2 aromatic rings. The molecule has 0 radical (unpaired) electrons. The molecule has 2 rings (SSSR count). The summed E-state index contributed by atoms with van der Waals surface area (Å²) in [5, 5.41) is 4.27. The Morgan fingerprint density at radius 2 is 1.88 bits per heavy atom. The van der Waals surface area contributed by atoms with Gasteiger partial charge >= 0.3 is 0 Å². The van der Waals surface area contributed by atoms with Crippen LogP contribution >= 0.6 is 11.6 Å². The summed E-state index contributed by atoms with van der Waals surface area (Å²) in [4.78, 5) is 12.3. The first-order chi connectivity index (χ1) is 11.3. The van der Waals surface area contributed by atoms with Crippen molar-refractivity contribution in [2.24, 2.45) is 0 Å². The highest BCUT2D eigenvalue weighted by Crippen LogP contribution is 2.13. The highest BCUT2D eigenvalue weighted by atomic mass is 35.5. The first-order valence-corrected chi connectivity index (χ1v) is 8.17. The zero-order valence-corrected chi connectivity index (χ0v) is 15.1. The van der Waals surface area contributed by atoms with Crippen molar-refractivity contribution in [1.29, 1.82) is 0 Å². The van der Waals surface area contributed by atoms with Gasteiger partial charge in [0.1, 0.15) is 5.02 Å². The summed E-state index contributed by atoms with van der Waals surface area (Å²) in [5.74, 6) is 5.93. The van der Waals surface area contributed by atoms with Crippen molar-refractivity contribution in [2.45, 2.75) is 39.8 Å². The first-order valence-electron chi connectivity index (χ1n) is 7.80. The van der Waals surface area contributed by atoms with Gasteiger partial charge in [-0.1, -0.05) is 35.6 Å². The molecule has 0 bridgehead atoms. The lowest BCUT2D eigenvalue weighted by Gasteiger charge is -2.20. The number of halogens is 1. The first kappa shape index (κ1) is 18.3. The molecule has 0 aliphatic rings. The molecule has 1 aromatic heterocycles. The van der Waals surface area contributed by atoms with E-state index in [1.54, 1.807) is 0 Å². The molecule has 0 fully saturated rings. The smallest absolute Gasteiger partial charge is 0.287 e. The van der Waals surface area contributed by atoms with Crippen LogP contribution < -0.4 is 5.56 Å². The van der Waals surface area contributed by atoms with Crippen LogP contribution in [0, 0.1) is 11.8 Å². The molecule has 5 heteroatoms. The predicted octanol–water partition coefficient (Wildman–Crippen LogP) is 3.59. The van der Waals surface area contributed by atoms with Crippen LogP contribution in [0.15, 0.2) is 35.3 Å². The molecule has 0 amide bonds. The number of hydrogen-bond donors (Lipinski definition) is 0. The Morgan fingerprint density at radius 1 is 1.21 bits per heavy atom. The summed E-state index contributed by atoms with van der Waals surface area (Å²) in [6, 6.07) is 7.77. The molecule has 1 aromatic carbocycles. The van der Waals surface area contributed by atoms with Gasteiger partial charge in [-0.15, -0.1) is 0 Å². The van der Waals surface area contributed by atoms with Gasteiger partial charge in [0.15, 0.2) is 0 Å². The minimum absolute atomic E-state index is 0.0976. The van der Waals surface area contributed by atoms with Crippen molar-refractivity contribution >= 4 is 11.6 Å². The SMILES string of the molecule is CCOCc1ccc(C#Cc2cnn(C(C)(C)C)c(=O)c2Cl)cc1. The van der Waals surface area contributed by atoms with Gasteiger partial charge in [0.2, 0.25) is 0 Å². The Labute approximate surface area is 147 Å². The van der Waals surface area contributed by atoms with E-state index in [9.17, 15) is 4.79 Å². The van der Waals surface area contributed by atoms with E-state index in [4.69, 9.17) is 16.3 Å². The Balaban J connectivity index is 2.25. The molecule has 0 aliphatic carbocycles. The average Bonchev–Trinajstić information content (AvgIpc) is 2.54. The van der Waals surface area contributed by atoms with Gasteiger partial charge in [0.25, 0.3) is 5.56 Å². The fourth-order valence-corrected chi connectivity index (χ4v) is 2.22. The molecule has 0 saturated heterocycles. The van der Waals surface area contributed by atoms with Crippen LogP contribution in [0.4, 0.5) is 0 Å². The largest absolute Gasteiger partial charge is 0.377 e. The lowest BCUT2D eigenvalue weighted by atomic mass is 10.1. The van der Waals surface area contributed by atoms with Gasteiger partial charge in [-0.05, 0) is 45.4 Å². The van der Waals surface area contributed by atoms with Gasteiger partial charge in [0.05, 0.1) is 23.9 Å². The third-order valence-electron chi connectivity index (χ3n) is 3.32. The fourth-order valence-electron chi connectivity index (χ4n) is 2.04. The van der Waals surface area contributed by atoms with Crippen molar-refractivity contribution in [3.8, 4) is 11.8 Å². The van der Waals surface area contributed by atoms with Crippen molar-refractivity contribution < 1.29 is 4.74 Å². The molecule has 0 spiro atoms. The van der Waals surface area contributed by atoms with Gasteiger partial charge in [-0.3, -0.25) is 4.79 Å². The number of rotatable bonds is 3. The second-order valence-corrected chi connectivity index (χ2v) is 6.72. The summed E-state index contributed by atoms with van der Waals surface area (Å²) in [5.41, 5.74) is 1.60. The number of aromatic nitrogens is 2. The summed E-state index contributed by atoms with van der Waals surface area (Å²) in [6.07, 6.45) is 1.53. The van der Waals surface area contributed by atoms with E-state index in [0.29, 0.717) is 18.8 Å². The van der Waals surface area contributed by atoms with Crippen LogP contribution in [0.3, 0.4) is 0 Å². The highest BCUT2D eigenvalue weighted by Gasteiger charge is 2.18. The summed E-state index contributed by atoms with van der Waals surface area (Å²) in [6.45, 7) is 8.93. The Morgan fingerprint density at radius 3 is 2.46 bits per heavy atom. The van der Waals surface area contributed by atoms with Crippen molar-refractivity contribution in [3.63, 3.8) is 0 Å². The third kappa shape index (κ3) is 4.47. The van der Waals surface area contributed by atoms with E-state index < -0.39 is 5.54 Å². The maximum Gasteiger partial charge on any atom is 0.287 e. The minimum atomic E-state index is -0.428. The van der Waals surface area contributed by atoms with Crippen LogP contribution in [-0.4, -0.2) is 16.4 Å². The van der Waals surface area contributed by atoms with Crippen LogP contribution in [-0.2, 0) is 16.9 Å². The van der Waals surface area contributed by atoms with Gasteiger partial charge < -0.3 is 4.74 Å². The zero-order valence-electron chi connectivity index (χ0n) is 14.4. The monoisotopic (exact) mass is 344 g/mol. The maximum absolute atomic E-state index is 12.3. The summed E-state index contributed by atoms with van der Waals surface area (Å²) >= 11 is 6.16. The molecule has 1 heterocycles. The van der Waals surface area contributed by atoms with Gasteiger partial charge in [-0.25, -0.2) is 4.68 Å². The van der Waals surface area contributed by atoms with Crippen LogP contribution in [0.2, 0.25) is 5.02 Å². The quantitative estimate of drug-likeness (QED) is 0.799. The number of nitrogens with zero attached hydrogens (tertiary/aromatic N) is 2. The molecule has 0 atom stereocenters. The van der Waals surface area contributed by atoms with Crippen molar-refractivity contribution in [1.82, 2.24) is 9.78 Å². The second kappa shape index (κ2) is 7.65. The molecule has 0 N–H and O–H groups in total. The molecule has 0 saturated carbocycles. The molecular formula is C19H21ClN2O2. The van der Waals surface area contributed by atoms with Crippen LogP contribution in [0.25, 0.3) is 0 Å². The van der Waals surface area contributed by atoms with E-state index in [1.165, 1.54) is 10.9 Å². The van der Waals surface area contributed by atoms with Crippen LogP contribution in [0.1, 0.15) is 44.4 Å². The average molecular weight is 345 g/mol. The standard InChI is InChI=1S/C19H21ClN2O2/c1-5-24-13-15-8-6-14(7-9-15)10-11-16-12-21-22(19(2,3)4)18(23)17(16)20/h6-9,12H,5,13H2,1-4H3. The van der Waals surface area contributed by atoms with E-state index in [1.807, 2.05) is 52.0 Å². The molecular weight excluding hydrogens is 324 g/mol. The summed E-state index contributed by atoms with van der Waals surface area (Å²) < 4.78 is 6.72. The van der Waals surface area contributed by atoms with E-state index in [2.05, 4.69) is 16.9 Å². The number of ether oxygens (including phenoxy) is 1. The minimum Gasteiger partial charge on any atom is -0.377 e. The fraction of sp³-hybridized carbons (Fsp3) is 0.368. The molecule has 126 valence electrons. The van der Waals surface area contributed by atoms with Crippen LogP contribution in [0.5, 0.6) is 0 Å². The molecule has 4 nitrogen and oxygen atoms in total. The second-order valence-electron chi connectivity index (χ2n) is 6.34. The Kier molecular flexibility index (Phi) is 5.82. The van der Waals surface area contributed by atoms with E-state index in [-0.39, 0.29) is 10.6 Å². The molecule has 0 aliphatic heterocycles. The lowest BCUT2D eigenvalue weighted by molar-refractivity contribution is 0.134. The number of hydrogen-bond acceptors (Lipinski definition) is 3. The number of benzene rings is 1. The lowest BCUT2D eigenvalue weighted by Crippen LogP contribution is -2.36. The zero-order chi connectivity index (χ0) is 17.7. The highest BCUT2D eigenvalue weighted by molar-refractivity contribution is 6.31. The van der Waals surface area contributed by atoms with E-state index >= 15 is 0 Å². The normalized spacial score (nSPS) is 11.0. The van der Waals surface area contributed by atoms with Gasteiger partial charge in [0, 0.05) is 12.2 Å². The topological polar surface area (TPSA) is 44.1 Å². The van der Waals surface area contributed by atoms with E-state index in [0.717, 1.165) is 11.1 Å². The van der Waals surface area contributed by atoms with Crippen molar-refractivity contribution in [2.75, 3.05) is 6.61 Å². The van der Waals surface area contributed by atoms with Gasteiger partial charge in [-0.2, -0.15) is 5.10 Å². The molecule has 24 heavy (non-hydrogen) atoms. The molecule has 0 unspecified atom stereocenters.